The number of ether oxygens (including phenoxy) is 1. The lowest BCUT2D eigenvalue weighted by molar-refractivity contribution is -0.134. The molecule has 0 aliphatic rings. The number of anilines is 1. The fraction of sp³-hybridized carbons (Fsp3) is 0.0588. The first kappa shape index (κ1) is 14.5. The number of hydrazone groups is 1. The topological polar surface area (TPSA) is 50.7 Å². The summed E-state index contributed by atoms with van der Waals surface area (Å²) in [5.41, 5.74) is 5.39. The first-order valence-corrected chi connectivity index (χ1v) is 6.50. The van der Waals surface area contributed by atoms with Crippen LogP contribution in [-0.4, -0.2) is 18.8 Å². The Bertz CT molecular complexity index is 634. The van der Waals surface area contributed by atoms with Crippen molar-refractivity contribution < 1.29 is 9.53 Å². The number of hydrogen-bond donors (Lipinski definition) is 1. The molecule has 0 bridgehead atoms. The highest BCUT2D eigenvalue weighted by Gasteiger charge is 2.01. The van der Waals surface area contributed by atoms with Crippen LogP contribution in [0.15, 0.2) is 77.9 Å². The van der Waals surface area contributed by atoms with Gasteiger partial charge in [-0.15, -0.1) is 0 Å². The summed E-state index contributed by atoms with van der Waals surface area (Å²) < 4.78 is 4.60. The van der Waals surface area contributed by atoms with Gasteiger partial charge < -0.3 is 4.74 Å². The van der Waals surface area contributed by atoms with Crippen LogP contribution >= 0.6 is 0 Å². The molecule has 0 radical (unpaired) electrons. The summed E-state index contributed by atoms with van der Waals surface area (Å²) in [6, 6.07) is 19.2. The molecule has 0 aliphatic heterocycles. The Morgan fingerprint density at radius 2 is 1.62 bits per heavy atom. The third kappa shape index (κ3) is 4.62. The number of nitrogens with one attached hydrogen (secondary N) is 1. The van der Waals surface area contributed by atoms with Crippen molar-refractivity contribution in [3.05, 3.63) is 78.4 Å². The summed E-state index contributed by atoms with van der Waals surface area (Å²) in [5, 5.41) is 4.34. The van der Waals surface area contributed by atoms with Crippen molar-refractivity contribution in [3.63, 3.8) is 0 Å². The Morgan fingerprint density at radius 3 is 2.24 bits per heavy atom. The summed E-state index contributed by atoms with van der Waals surface area (Å²) in [7, 11) is 1.34. The smallest absolute Gasteiger partial charge is 0.330 e. The van der Waals surface area contributed by atoms with Gasteiger partial charge in [-0.1, -0.05) is 48.5 Å². The minimum Gasteiger partial charge on any atom is -0.466 e. The number of para-hydroxylation sites is 1. The lowest BCUT2D eigenvalue weighted by Gasteiger charge is -2.04. The summed E-state index contributed by atoms with van der Waals surface area (Å²) in [5.74, 6) is -0.418. The predicted octanol–water partition coefficient (Wildman–Crippen LogP) is 3.23. The Morgan fingerprint density at radius 1 is 1.00 bits per heavy atom. The van der Waals surface area contributed by atoms with Crippen molar-refractivity contribution in [2.24, 2.45) is 5.10 Å². The van der Waals surface area contributed by atoms with Gasteiger partial charge in [-0.25, -0.2) is 4.79 Å². The summed E-state index contributed by atoms with van der Waals surface area (Å²) in [6.07, 6.45) is 2.97. The summed E-state index contributed by atoms with van der Waals surface area (Å²) >= 11 is 0. The van der Waals surface area contributed by atoms with Crippen molar-refractivity contribution in [1.82, 2.24) is 0 Å². The maximum atomic E-state index is 11.2. The number of esters is 1. The summed E-state index contributed by atoms with van der Waals surface area (Å²) in [6.45, 7) is 0. The van der Waals surface area contributed by atoms with Gasteiger partial charge in [0.05, 0.1) is 18.5 Å². The molecule has 0 heterocycles. The molecule has 0 fully saturated rings. The van der Waals surface area contributed by atoms with Gasteiger partial charge in [0.1, 0.15) is 0 Å². The number of rotatable bonds is 5. The third-order valence-electron chi connectivity index (χ3n) is 2.73. The molecule has 106 valence electrons. The first-order valence-electron chi connectivity index (χ1n) is 6.50. The highest BCUT2D eigenvalue weighted by molar-refractivity contribution is 6.10. The van der Waals surface area contributed by atoms with Crippen LogP contribution in [0.3, 0.4) is 0 Å². The minimum absolute atomic E-state index is 0.418. The lowest BCUT2D eigenvalue weighted by Crippen LogP contribution is -2.03. The van der Waals surface area contributed by atoms with Crippen LogP contribution in [0.2, 0.25) is 0 Å². The number of hydrogen-bond acceptors (Lipinski definition) is 4. The van der Waals surface area contributed by atoms with Crippen LogP contribution in [0.25, 0.3) is 0 Å². The maximum Gasteiger partial charge on any atom is 0.330 e. The normalized spacial score (nSPS) is 11.4. The van der Waals surface area contributed by atoms with E-state index in [0.717, 1.165) is 11.3 Å². The van der Waals surface area contributed by atoms with Crippen LogP contribution in [0, 0.1) is 0 Å². The van der Waals surface area contributed by atoms with Gasteiger partial charge in [-0.05, 0) is 18.2 Å². The Balaban J connectivity index is 2.23. The van der Waals surface area contributed by atoms with Crippen LogP contribution in [0.5, 0.6) is 0 Å². The zero-order chi connectivity index (χ0) is 14.9. The van der Waals surface area contributed by atoms with E-state index in [1.807, 2.05) is 60.7 Å². The number of methoxy groups -OCH3 is 1. The van der Waals surface area contributed by atoms with Gasteiger partial charge in [0.2, 0.25) is 0 Å². The quantitative estimate of drug-likeness (QED) is 0.396. The molecule has 1 N–H and O–H groups in total. The molecule has 0 unspecified atom stereocenters. The number of carbonyl (C=O) groups is 1. The Hall–Kier alpha value is -2.88. The average molecular weight is 280 g/mol. The van der Waals surface area contributed by atoms with Gasteiger partial charge >= 0.3 is 5.97 Å². The van der Waals surface area contributed by atoms with Crippen molar-refractivity contribution >= 4 is 17.4 Å². The molecule has 4 heteroatoms. The van der Waals surface area contributed by atoms with E-state index < -0.39 is 5.97 Å². The van der Waals surface area contributed by atoms with Crippen LogP contribution in [0.4, 0.5) is 5.69 Å². The molecule has 0 saturated heterocycles. The van der Waals surface area contributed by atoms with E-state index in [2.05, 4.69) is 15.3 Å². The molecule has 0 saturated carbocycles. The van der Waals surface area contributed by atoms with Gasteiger partial charge in [-0.3, -0.25) is 5.43 Å². The van der Waals surface area contributed by atoms with E-state index in [1.54, 1.807) is 6.08 Å². The number of allylic oxidation sites excluding steroid dienone is 1. The van der Waals surface area contributed by atoms with Crippen LogP contribution in [0.1, 0.15) is 5.56 Å². The van der Waals surface area contributed by atoms with Crippen molar-refractivity contribution in [2.45, 2.75) is 0 Å². The fourth-order valence-corrected chi connectivity index (χ4v) is 1.66. The predicted molar refractivity (Wildman–Crippen MR) is 84.2 cm³/mol. The Kier molecular flexibility index (Phi) is 5.29. The molecule has 2 aromatic rings. The van der Waals surface area contributed by atoms with Crippen LogP contribution in [-0.2, 0) is 9.53 Å². The molecular formula is C17H16N2O2. The van der Waals surface area contributed by atoms with E-state index >= 15 is 0 Å². The second-order valence-corrected chi connectivity index (χ2v) is 4.20. The standard InChI is InChI=1S/C17H16N2O2/c1-21-17(20)13-12-16(14-8-4-2-5-9-14)19-18-15-10-6-3-7-11-15/h2-13,18H,1H3/b13-12+,19-16+. The first-order chi connectivity index (χ1) is 10.3. The molecule has 0 atom stereocenters. The van der Waals surface area contributed by atoms with E-state index in [1.165, 1.54) is 13.2 Å². The molecule has 4 nitrogen and oxygen atoms in total. The molecule has 21 heavy (non-hydrogen) atoms. The van der Waals surface area contributed by atoms with Crippen molar-refractivity contribution in [3.8, 4) is 0 Å². The van der Waals surface area contributed by atoms with Crippen molar-refractivity contribution in [1.29, 1.82) is 0 Å². The monoisotopic (exact) mass is 280 g/mol. The Labute approximate surface area is 123 Å². The zero-order valence-corrected chi connectivity index (χ0v) is 11.7. The highest BCUT2D eigenvalue weighted by atomic mass is 16.5. The third-order valence-corrected chi connectivity index (χ3v) is 2.73. The number of benzene rings is 2. The molecule has 2 aromatic carbocycles. The van der Waals surface area contributed by atoms with Gasteiger partial charge in [-0.2, -0.15) is 5.10 Å². The average Bonchev–Trinajstić information content (AvgIpc) is 2.56. The largest absolute Gasteiger partial charge is 0.466 e. The van der Waals surface area contributed by atoms with E-state index in [4.69, 9.17) is 0 Å². The second kappa shape index (κ2) is 7.65. The highest BCUT2D eigenvalue weighted by Crippen LogP contribution is 2.07. The molecule has 2 rings (SSSR count). The fourth-order valence-electron chi connectivity index (χ4n) is 1.66. The van der Waals surface area contributed by atoms with Crippen molar-refractivity contribution in [2.75, 3.05) is 12.5 Å². The molecule has 0 aliphatic carbocycles. The van der Waals surface area contributed by atoms with Gasteiger partial charge in [0.15, 0.2) is 0 Å². The molecule has 0 spiro atoms. The summed E-state index contributed by atoms with van der Waals surface area (Å²) in [4.78, 5) is 11.2. The van der Waals surface area contributed by atoms with Gasteiger partial charge in [0, 0.05) is 11.6 Å². The SMILES string of the molecule is COC(=O)/C=C/C(=N\Nc1ccccc1)c1ccccc1. The van der Waals surface area contributed by atoms with E-state index in [0.29, 0.717) is 5.71 Å². The van der Waals surface area contributed by atoms with E-state index in [-0.39, 0.29) is 0 Å². The number of carbonyl (C=O) groups excluding carboxylic acids is 1. The minimum atomic E-state index is -0.418. The molecule has 0 aromatic heterocycles. The maximum absolute atomic E-state index is 11.2. The lowest BCUT2D eigenvalue weighted by atomic mass is 10.1. The molecule has 0 amide bonds. The molecular weight excluding hydrogens is 264 g/mol. The second-order valence-electron chi connectivity index (χ2n) is 4.20. The van der Waals surface area contributed by atoms with Crippen LogP contribution < -0.4 is 5.43 Å². The van der Waals surface area contributed by atoms with E-state index in [9.17, 15) is 4.79 Å². The zero-order valence-electron chi connectivity index (χ0n) is 11.7. The number of nitrogens with zero attached hydrogens (tertiary/aromatic N) is 1. The van der Waals surface area contributed by atoms with Gasteiger partial charge in [0.25, 0.3) is 0 Å².